The molecule has 4 aromatic rings. The zero-order chi connectivity index (χ0) is 20.1. The van der Waals surface area contributed by atoms with E-state index in [1.807, 2.05) is 30.5 Å². The van der Waals surface area contributed by atoms with Crippen molar-refractivity contribution in [3.8, 4) is 0 Å². The van der Waals surface area contributed by atoms with Crippen LogP contribution in [0, 0.1) is 0 Å². The highest BCUT2D eigenvalue weighted by Gasteiger charge is 2.25. The van der Waals surface area contributed by atoms with E-state index < -0.39 is 0 Å². The molecule has 0 atom stereocenters. The third-order valence-corrected chi connectivity index (χ3v) is 4.50. The lowest BCUT2D eigenvalue weighted by Gasteiger charge is -2.07. The van der Waals surface area contributed by atoms with Gasteiger partial charge < -0.3 is 20.7 Å². The first-order valence-corrected chi connectivity index (χ1v) is 9.15. The van der Waals surface area contributed by atoms with E-state index in [0.717, 1.165) is 22.4 Å². The number of H-pyrrole nitrogens is 2. The van der Waals surface area contributed by atoms with Gasteiger partial charge in [-0.1, -0.05) is 0 Å². The van der Waals surface area contributed by atoms with Crippen LogP contribution in [-0.4, -0.2) is 41.7 Å². The van der Waals surface area contributed by atoms with E-state index in [2.05, 4.69) is 40.8 Å². The lowest BCUT2D eigenvalue weighted by molar-refractivity contribution is -0.122. The Balaban J connectivity index is 0.000000645. The second-order valence-electron chi connectivity index (χ2n) is 6.53. The number of aromatic amines is 2. The highest BCUT2D eigenvalue weighted by Crippen LogP contribution is 2.39. The zero-order valence-electron chi connectivity index (χ0n) is 15.5. The van der Waals surface area contributed by atoms with E-state index in [1.54, 1.807) is 12.4 Å². The van der Waals surface area contributed by atoms with Gasteiger partial charge in [-0.05, 0) is 31.0 Å². The third-order valence-electron chi connectivity index (χ3n) is 4.50. The maximum atomic E-state index is 8.36. The molecule has 0 amide bonds. The average Bonchev–Trinajstić information content (AvgIpc) is 3.28. The molecule has 10 heteroatoms. The van der Waals surface area contributed by atoms with Crippen molar-refractivity contribution in [3.63, 3.8) is 0 Å². The Hall–Kier alpha value is -3.95. The van der Waals surface area contributed by atoms with E-state index in [1.165, 1.54) is 18.5 Å². The van der Waals surface area contributed by atoms with Gasteiger partial charge in [0.25, 0.3) is 6.47 Å². The minimum atomic E-state index is -0.250. The van der Waals surface area contributed by atoms with Gasteiger partial charge in [-0.15, -0.1) is 0 Å². The van der Waals surface area contributed by atoms with Crippen molar-refractivity contribution in [3.05, 3.63) is 54.2 Å². The summed E-state index contributed by atoms with van der Waals surface area (Å²) in [5.74, 6) is 2.66. The summed E-state index contributed by atoms with van der Waals surface area (Å²) < 4.78 is 0. The first-order valence-electron chi connectivity index (χ1n) is 9.15. The van der Waals surface area contributed by atoms with Crippen molar-refractivity contribution in [1.82, 2.24) is 30.1 Å². The molecular formula is C19H20N8O2. The maximum absolute atomic E-state index is 8.36. The van der Waals surface area contributed by atoms with E-state index in [0.29, 0.717) is 24.2 Å². The standard InChI is InChI=1S/C18H18N8.CH2O2/c1-2-11(1)14-9-17(26-25-14)23-16-5-8-21-18(24-16)22-10-15-12-3-6-19-13(12)4-7-20-15;2-1-3/h3-9,11,19H,1-2,10H2,(H3,21,22,23,24,25,26);1H,(H,2,3). The fraction of sp³-hybridized carbons (Fsp3) is 0.211. The molecule has 5 N–H and O–H groups in total. The van der Waals surface area contributed by atoms with Crippen LogP contribution in [0.25, 0.3) is 10.9 Å². The van der Waals surface area contributed by atoms with Crippen LogP contribution in [-0.2, 0) is 11.3 Å². The highest BCUT2D eigenvalue weighted by atomic mass is 16.3. The first kappa shape index (κ1) is 18.4. The number of rotatable bonds is 6. The molecule has 148 valence electrons. The van der Waals surface area contributed by atoms with Crippen molar-refractivity contribution in [1.29, 1.82) is 0 Å². The third kappa shape index (κ3) is 4.49. The molecule has 0 radical (unpaired) electrons. The number of pyridine rings is 1. The van der Waals surface area contributed by atoms with Crippen molar-refractivity contribution in [2.45, 2.75) is 25.3 Å². The van der Waals surface area contributed by atoms with Crippen LogP contribution < -0.4 is 10.6 Å². The lowest BCUT2D eigenvalue weighted by Crippen LogP contribution is -2.06. The van der Waals surface area contributed by atoms with E-state index in [9.17, 15) is 0 Å². The average molecular weight is 392 g/mol. The number of carboxylic acid groups (broad SMARTS) is 1. The Labute approximate surface area is 165 Å². The normalized spacial score (nSPS) is 12.8. The van der Waals surface area contributed by atoms with Crippen molar-refractivity contribution in [2.24, 2.45) is 0 Å². The molecule has 1 aliphatic rings. The molecule has 1 fully saturated rings. The van der Waals surface area contributed by atoms with E-state index >= 15 is 0 Å². The molecule has 4 aromatic heterocycles. The van der Waals surface area contributed by atoms with Crippen molar-refractivity contribution in [2.75, 3.05) is 10.6 Å². The monoisotopic (exact) mass is 392 g/mol. The molecule has 0 saturated heterocycles. The predicted octanol–water partition coefficient (Wildman–Crippen LogP) is 3.01. The van der Waals surface area contributed by atoms with Crippen molar-refractivity contribution < 1.29 is 9.90 Å². The number of hydrogen-bond donors (Lipinski definition) is 5. The van der Waals surface area contributed by atoms with Gasteiger partial charge in [0.15, 0.2) is 5.82 Å². The zero-order valence-corrected chi connectivity index (χ0v) is 15.5. The van der Waals surface area contributed by atoms with Gasteiger partial charge in [0.2, 0.25) is 5.95 Å². The summed E-state index contributed by atoms with van der Waals surface area (Å²) in [7, 11) is 0. The molecule has 0 unspecified atom stereocenters. The lowest BCUT2D eigenvalue weighted by atomic mass is 10.2. The quantitative estimate of drug-likeness (QED) is 0.315. The minimum Gasteiger partial charge on any atom is -0.483 e. The van der Waals surface area contributed by atoms with Crippen LogP contribution in [0.3, 0.4) is 0 Å². The van der Waals surface area contributed by atoms with Crippen LogP contribution in [0.1, 0.15) is 30.1 Å². The smallest absolute Gasteiger partial charge is 0.290 e. The summed E-state index contributed by atoms with van der Waals surface area (Å²) in [5.41, 5.74) is 3.20. The van der Waals surface area contributed by atoms with Gasteiger partial charge in [0, 0.05) is 47.2 Å². The predicted molar refractivity (Wildman–Crippen MR) is 108 cm³/mol. The van der Waals surface area contributed by atoms with Crippen molar-refractivity contribution >= 4 is 35.0 Å². The summed E-state index contributed by atoms with van der Waals surface area (Å²) in [6, 6.07) is 7.85. The molecule has 1 aliphatic carbocycles. The van der Waals surface area contributed by atoms with Crippen LogP contribution >= 0.6 is 0 Å². The number of nitrogens with one attached hydrogen (secondary N) is 4. The number of fused-ring (bicyclic) bond motifs is 1. The highest BCUT2D eigenvalue weighted by molar-refractivity contribution is 5.81. The van der Waals surface area contributed by atoms with Crippen LogP contribution in [0.4, 0.5) is 17.6 Å². The summed E-state index contributed by atoms with van der Waals surface area (Å²) in [5, 5.41) is 21.8. The van der Waals surface area contributed by atoms with Gasteiger partial charge in [-0.2, -0.15) is 10.1 Å². The molecule has 0 aromatic carbocycles. The Bertz CT molecular complexity index is 1100. The summed E-state index contributed by atoms with van der Waals surface area (Å²) in [4.78, 5) is 24.8. The Morgan fingerprint density at radius 2 is 2.00 bits per heavy atom. The van der Waals surface area contributed by atoms with Crippen LogP contribution in [0.2, 0.25) is 0 Å². The summed E-state index contributed by atoms with van der Waals surface area (Å²) >= 11 is 0. The second kappa shape index (κ2) is 8.38. The molecule has 0 aliphatic heterocycles. The number of nitrogens with zero attached hydrogens (tertiary/aromatic N) is 4. The Kier molecular flexibility index (Phi) is 5.32. The maximum Gasteiger partial charge on any atom is 0.290 e. The van der Waals surface area contributed by atoms with E-state index in [-0.39, 0.29) is 6.47 Å². The van der Waals surface area contributed by atoms with Gasteiger partial charge in [0.1, 0.15) is 5.82 Å². The van der Waals surface area contributed by atoms with E-state index in [4.69, 9.17) is 9.90 Å². The van der Waals surface area contributed by atoms with Gasteiger partial charge in [-0.3, -0.25) is 14.9 Å². The topological polar surface area (TPSA) is 144 Å². The molecule has 0 bridgehead atoms. The molecule has 29 heavy (non-hydrogen) atoms. The molecule has 10 nitrogen and oxygen atoms in total. The Morgan fingerprint density at radius 3 is 2.83 bits per heavy atom. The number of carbonyl (C=O) groups is 1. The SMILES string of the molecule is O=CO.c1cc(Nc2cc(C3CC3)[nH]n2)nc(NCc2nccc3[nH]ccc23)n1. The summed E-state index contributed by atoms with van der Waals surface area (Å²) in [6.45, 7) is 0.298. The molecule has 1 saturated carbocycles. The van der Waals surface area contributed by atoms with Gasteiger partial charge >= 0.3 is 0 Å². The largest absolute Gasteiger partial charge is 0.483 e. The van der Waals surface area contributed by atoms with Crippen LogP contribution in [0.15, 0.2) is 42.9 Å². The number of aromatic nitrogens is 6. The second-order valence-corrected chi connectivity index (χ2v) is 6.53. The first-order chi connectivity index (χ1) is 14.3. The molecule has 0 spiro atoms. The Morgan fingerprint density at radius 1 is 1.17 bits per heavy atom. The minimum absolute atomic E-state index is 0.250. The number of hydrogen-bond acceptors (Lipinski definition) is 7. The van der Waals surface area contributed by atoms with Gasteiger partial charge in [0.05, 0.1) is 12.2 Å². The molecular weight excluding hydrogens is 372 g/mol. The fourth-order valence-electron chi connectivity index (χ4n) is 3.00. The number of anilines is 3. The van der Waals surface area contributed by atoms with Gasteiger partial charge in [-0.25, -0.2) is 4.98 Å². The fourth-order valence-corrected chi connectivity index (χ4v) is 3.00. The summed E-state index contributed by atoms with van der Waals surface area (Å²) in [6.07, 6.45) is 7.91. The molecule has 4 heterocycles. The molecule has 5 rings (SSSR count). The van der Waals surface area contributed by atoms with Crippen LogP contribution in [0.5, 0.6) is 0 Å².